The highest BCUT2D eigenvalue weighted by atomic mass is 16.3. The third kappa shape index (κ3) is 3.30. The van der Waals surface area contributed by atoms with Crippen LogP contribution >= 0.6 is 0 Å². The molecule has 1 unspecified atom stereocenters. The predicted octanol–water partition coefficient (Wildman–Crippen LogP) is 3.31. The molecule has 0 bridgehead atoms. The summed E-state index contributed by atoms with van der Waals surface area (Å²) in [4.78, 5) is 0. The van der Waals surface area contributed by atoms with Gasteiger partial charge in [-0.1, -0.05) is 30.7 Å². The molecule has 14 heavy (non-hydrogen) atoms. The zero-order valence-electron chi connectivity index (χ0n) is 9.42. The van der Waals surface area contributed by atoms with Gasteiger partial charge in [-0.2, -0.15) is 0 Å². The van der Waals surface area contributed by atoms with Crippen molar-refractivity contribution in [2.45, 2.75) is 39.5 Å². The molecule has 1 nitrogen and oxygen atoms in total. The Morgan fingerprint density at radius 1 is 1.71 bits per heavy atom. The van der Waals surface area contributed by atoms with Gasteiger partial charge in [0.15, 0.2) is 0 Å². The molecule has 0 heterocycles. The molecular formula is C13H22O. The van der Waals surface area contributed by atoms with Crippen LogP contribution in [0.1, 0.15) is 39.5 Å². The first-order chi connectivity index (χ1) is 6.63. The maximum Gasteiger partial charge on any atom is 0.0459 e. The summed E-state index contributed by atoms with van der Waals surface area (Å²) in [6.07, 6.45) is 7.02. The van der Waals surface area contributed by atoms with Gasteiger partial charge >= 0.3 is 0 Å². The first kappa shape index (κ1) is 11.5. The molecule has 1 aliphatic carbocycles. The molecule has 0 aliphatic heterocycles. The van der Waals surface area contributed by atoms with Gasteiger partial charge in [-0.05, 0) is 44.4 Å². The van der Waals surface area contributed by atoms with Gasteiger partial charge in [0.2, 0.25) is 0 Å². The molecule has 0 spiro atoms. The van der Waals surface area contributed by atoms with E-state index in [0.717, 1.165) is 6.42 Å². The van der Waals surface area contributed by atoms with Crippen molar-refractivity contribution in [3.05, 3.63) is 23.8 Å². The van der Waals surface area contributed by atoms with Gasteiger partial charge in [0, 0.05) is 6.61 Å². The largest absolute Gasteiger partial charge is 0.396 e. The zero-order chi connectivity index (χ0) is 10.6. The molecule has 1 rings (SSSR count). The van der Waals surface area contributed by atoms with E-state index in [1.807, 2.05) is 0 Å². The van der Waals surface area contributed by atoms with Gasteiger partial charge in [-0.3, -0.25) is 0 Å². The Labute approximate surface area is 87.5 Å². The van der Waals surface area contributed by atoms with Crippen molar-refractivity contribution < 1.29 is 5.11 Å². The standard InChI is InChI=1S/C13H22O/c1-10(2)13-6-4-5-12(8-13)7-11(3)9-14/h5,11,13-14H,1,4,6-9H2,2-3H3/t11?,13-/m1/s1. The second-order valence-corrected chi connectivity index (χ2v) is 4.68. The molecule has 1 heteroatoms. The highest BCUT2D eigenvalue weighted by Crippen LogP contribution is 2.31. The fourth-order valence-electron chi connectivity index (χ4n) is 2.09. The minimum Gasteiger partial charge on any atom is -0.396 e. The van der Waals surface area contributed by atoms with Crippen LogP contribution in [0.5, 0.6) is 0 Å². The maximum atomic E-state index is 9.00. The molecule has 2 atom stereocenters. The van der Waals surface area contributed by atoms with Crippen LogP contribution in [0.15, 0.2) is 23.8 Å². The van der Waals surface area contributed by atoms with E-state index in [1.54, 1.807) is 0 Å². The summed E-state index contributed by atoms with van der Waals surface area (Å²) >= 11 is 0. The summed E-state index contributed by atoms with van der Waals surface area (Å²) < 4.78 is 0. The summed E-state index contributed by atoms with van der Waals surface area (Å²) in [5.74, 6) is 1.09. The molecule has 80 valence electrons. The lowest BCUT2D eigenvalue weighted by Gasteiger charge is -2.24. The zero-order valence-corrected chi connectivity index (χ0v) is 9.42. The Morgan fingerprint density at radius 3 is 3.00 bits per heavy atom. The van der Waals surface area contributed by atoms with Crippen LogP contribution in [-0.2, 0) is 0 Å². The summed E-state index contributed by atoms with van der Waals surface area (Å²) in [6.45, 7) is 8.57. The van der Waals surface area contributed by atoms with E-state index in [2.05, 4.69) is 26.5 Å². The maximum absolute atomic E-state index is 9.00. The van der Waals surface area contributed by atoms with Gasteiger partial charge in [0.25, 0.3) is 0 Å². The molecule has 0 aromatic rings. The average molecular weight is 194 g/mol. The Balaban J connectivity index is 2.47. The van der Waals surface area contributed by atoms with E-state index >= 15 is 0 Å². The number of hydrogen-bond acceptors (Lipinski definition) is 1. The van der Waals surface area contributed by atoms with Crippen LogP contribution in [0.4, 0.5) is 0 Å². The third-order valence-electron chi connectivity index (χ3n) is 3.08. The number of aliphatic hydroxyl groups excluding tert-OH is 1. The minimum absolute atomic E-state index is 0.301. The van der Waals surface area contributed by atoms with Crippen molar-refractivity contribution in [3.8, 4) is 0 Å². The van der Waals surface area contributed by atoms with Crippen LogP contribution in [0.25, 0.3) is 0 Å². The van der Waals surface area contributed by atoms with Crippen molar-refractivity contribution in [1.29, 1.82) is 0 Å². The van der Waals surface area contributed by atoms with Gasteiger partial charge in [-0.15, -0.1) is 0 Å². The van der Waals surface area contributed by atoms with Crippen molar-refractivity contribution in [3.63, 3.8) is 0 Å². The van der Waals surface area contributed by atoms with E-state index in [0.29, 0.717) is 18.4 Å². The lowest BCUT2D eigenvalue weighted by Crippen LogP contribution is -2.11. The van der Waals surface area contributed by atoms with E-state index in [1.165, 1.54) is 30.4 Å². The van der Waals surface area contributed by atoms with Crippen LogP contribution < -0.4 is 0 Å². The lowest BCUT2D eigenvalue weighted by molar-refractivity contribution is 0.235. The van der Waals surface area contributed by atoms with Crippen LogP contribution in [0.3, 0.4) is 0 Å². The molecule has 1 N–H and O–H groups in total. The van der Waals surface area contributed by atoms with Crippen molar-refractivity contribution in [2.24, 2.45) is 11.8 Å². The Morgan fingerprint density at radius 2 is 2.43 bits per heavy atom. The fourth-order valence-corrected chi connectivity index (χ4v) is 2.09. The smallest absolute Gasteiger partial charge is 0.0459 e. The Bertz CT molecular complexity index is 227. The number of aliphatic hydroxyl groups is 1. The van der Waals surface area contributed by atoms with E-state index in [9.17, 15) is 0 Å². The van der Waals surface area contributed by atoms with E-state index in [4.69, 9.17) is 5.11 Å². The Kier molecular flexibility index (Phi) is 4.40. The average Bonchev–Trinajstić information content (AvgIpc) is 2.18. The van der Waals surface area contributed by atoms with Crippen molar-refractivity contribution in [1.82, 2.24) is 0 Å². The van der Waals surface area contributed by atoms with E-state index in [-0.39, 0.29) is 0 Å². The van der Waals surface area contributed by atoms with Crippen molar-refractivity contribution >= 4 is 0 Å². The van der Waals surface area contributed by atoms with E-state index < -0.39 is 0 Å². The quantitative estimate of drug-likeness (QED) is 0.681. The molecule has 0 saturated carbocycles. The molecule has 0 aromatic carbocycles. The molecule has 0 amide bonds. The summed E-state index contributed by atoms with van der Waals surface area (Å²) in [5, 5.41) is 9.00. The number of hydrogen-bond donors (Lipinski definition) is 1. The van der Waals surface area contributed by atoms with Crippen LogP contribution in [0.2, 0.25) is 0 Å². The summed E-state index contributed by atoms with van der Waals surface area (Å²) in [7, 11) is 0. The summed E-state index contributed by atoms with van der Waals surface area (Å²) in [6, 6.07) is 0. The first-order valence-corrected chi connectivity index (χ1v) is 5.57. The van der Waals surface area contributed by atoms with Crippen molar-refractivity contribution in [2.75, 3.05) is 6.61 Å². The monoisotopic (exact) mass is 194 g/mol. The molecule has 0 fully saturated rings. The summed E-state index contributed by atoms with van der Waals surface area (Å²) in [5.41, 5.74) is 2.83. The SMILES string of the molecule is C=C(C)[C@@H]1CCC=C(CC(C)CO)C1. The molecular weight excluding hydrogens is 172 g/mol. The lowest BCUT2D eigenvalue weighted by atomic mass is 9.82. The molecule has 0 aromatic heterocycles. The number of allylic oxidation sites excluding steroid dienone is 3. The highest BCUT2D eigenvalue weighted by Gasteiger charge is 2.16. The predicted molar refractivity (Wildman–Crippen MR) is 61.1 cm³/mol. The fraction of sp³-hybridized carbons (Fsp3) is 0.692. The minimum atomic E-state index is 0.301. The molecule has 0 saturated heterocycles. The normalized spacial score (nSPS) is 24.2. The van der Waals surface area contributed by atoms with Gasteiger partial charge in [0.1, 0.15) is 0 Å². The molecule has 0 radical (unpaired) electrons. The second-order valence-electron chi connectivity index (χ2n) is 4.68. The van der Waals surface area contributed by atoms with Crippen LogP contribution in [-0.4, -0.2) is 11.7 Å². The molecule has 1 aliphatic rings. The van der Waals surface area contributed by atoms with Gasteiger partial charge in [0.05, 0.1) is 0 Å². The van der Waals surface area contributed by atoms with Crippen LogP contribution in [0, 0.1) is 11.8 Å². The van der Waals surface area contributed by atoms with Gasteiger partial charge < -0.3 is 5.11 Å². The second kappa shape index (κ2) is 5.35. The highest BCUT2D eigenvalue weighted by molar-refractivity contribution is 5.13. The third-order valence-corrected chi connectivity index (χ3v) is 3.08. The Hall–Kier alpha value is -0.560. The van der Waals surface area contributed by atoms with Gasteiger partial charge in [-0.25, -0.2) is 0 Å². The first-order valence-electron chi connectivity index (χ1n) is 5.57. The number of rotatable bonds is 4. The topological polar surface area (TPSA) is 20.2 Å².